The van der Waals surface area contributed by atoms with E-state index in [1.165, 1.54) is 18.2 Å². The van der Waals surface area contributed by atoms with Crippen molar-refractivity contribution in [2.24, 2.45) is 5.92 Å². The molecule has 0 aromatic heterocycles. The highest BCUT2D eigenvalue weighted by molar-refractivity contribution is 6.50. The number of carbonyl (C=O) groups excluding carboxylic acids is 3. The van der Waals surface area contributed by atoms with Crippen LogP contribution in [0.1, 0.15) is 22.8 Å². The standard InChI is InChI=1S/C15H11NO5/c1-2-21-15(20)12(7-16)11-6-13(18)14(19)9-4-3-8(17)5-10(9)11/h3-6,12,17H,2H2,1H3/t12-/m1/s1. The number of hydrogen-bond acceptors (Lipinski definition) is 6. The fourth-order valence-electron chi connectivity index (χ4n) is 2.10. The van der Waals surface area contributed by atoms with Gasteiger partial charge in [-0.3, -0.25) is 14.4 Å². The molecule has 0 radical (unpaired) electrons. The molecule has 0 aliphatic heterocycles. The summed E-state index contributed by atoms with van der Waals surface area (Å²) in [4.78, 5) is 35.3. The van der Waals surface area contributed by atoms with Crippen molar-refractivity contribution in [1.29, 1.82) is 5.26 Å². The smallest absolute Gasteiger partial charge is 0.327 e. The van der Waals surface area contributed by atoms with Crippen LogP contribution >= 0.6 is 0 Å². The molecular weight excluding hydrogens is 274 g/mol. The quantitative estimate of drug-likeness (QED) is 0.661. The molecule has 0 saturated carbocycles. The van der Waals surface area contributed by atoms with Crippen molar-refractivity contribution in [3.8, 4) is 11.8 Å². The maximum absolute atomic E-state index is 11.8. The monoisotopic (exact) mass is 285 g/mol. The van der Waals surface area contributed by atoms with E-state index in [9.17, 15) is 24.8 Å². The maximum Gasteiger partial charge on any atom is 0.327 e. The predicted octanol–water partition coefficient (Wildman–Crippen LogP) is 1.24. The van der Waals surface area contributed by atoms with Gasteiger partial charge in [-0.1, -0.05) is 0 Å². The molecule has 1 aromatic rings. The van der Waals surface area contributed by atoms with Crippen molar-refractivity contribution < 1.29 is 24.2 Å². The summed E-state index contributed by atoms with van der Waals surface area (Å²) >= 11 is 0. The van der Waals surface area contributed by atoms with E-state index < -0.39 is 23.5 Å². The number of esters is 1. The van der Waals surface area contributed by atoms with Gasteiger partial charge in [-0.2, -0.15) is 5.26 Å². The molecule has 0 amide bonds. The summed E-state index contributed by atoms with van der Waals surface area (Å²) in [5.74, 6) is -3.82. The number of nitriles is 1. The summed E-state index contributed by atoms with van der Waals surface area (Å²) in [5, 5.41) is 18.7. The number of ether oxygens (including phenoxy) is 1. The number of benzene rings is 1. The molecule has 1 N–H and O–H groups in total. The number of phenolic OH excluding ortho intramolecular Hbond substituents is 1. The Morgan fingerprint density at radius 2 is 2.10 bits per heavy atom. The molecule has 1 aromatic carbocycles. The first kappa shape index (κ1) is 14.5. The Hall–Kier alpha value is -2.94. The van der Waals surface area contributed by atoms with Crippen molar-refractivity contribution in [2.45, 2.75) is 6.92 Å². The van der Waals surface area contributed by atoms with Gasteiger partial charge in [0, 0.05) is 5.56 Å². The van der Waals surface area contributed by atoms with Gasteiger partial charge in [0.2, 0.25) is 11.6 Å². The first-order valence-corrected chi connectivity index (χ1v) is 6.19. The predicted molar refractivity (Wildman–Crippen MR) is 71.2 cm³/mol. The molecule has 0 unspecified atom stereocenters. The second-order valence-corrected chi connectivity index (χ2v) is 4.34. The van der Waals surface area contributed by atoms with Gasteiger partial charge in [0.1, 0.15) is 5.75 Å². The number of hydrogen-bond donors (Lipinski definition) is 1. The van der Waals surface area contributed by atoms with Gasteiger partial charge in [-0.05, 0) is 42.3 Å². The molecule has 0 saturated heterocycles. The van der Waals surface area contributed by atoms with Crippen LogP contribution in [0.15, 0.2) is 24.3 Å². The minimum atomic E-state index is -1.33. The lowest BCUT2D eigenvalue weighted by atomic mass is 9.83. The van der Waals surface area contributed by atoms with Crippen LogP contribution in [0.5, 0.6) is 5.75 Å². The van der Waals surface area contributed by atoms with E-state index in [1.807, 2.05) is 0 Å². The van der Waals surface area contributed by atoms with E-state index in [-0.39, 0.29) is 29.1 Å². The Kier molecular flexibility index (Phi) is 3.85. The lowest BCUT2D eigenvalue weighted by molar-refractivity contribution is -0.144. The third-order valence-electron chi connectivity index (χ3n) is 3.03. The first-order chi connectivity index (χ1) is 9.99. The van der Waals surface area contributed by atoms with Crippen LogP contribution in [-0.4, -0.2) is 29.2 Å². The number of rotatable bonds is 3. The first-order valence-electron chi connectivity index (χ1n) is 6.19. The summed E-state index contributed by atoms with van der Waals surface area (Å²) in [5.41, 5.74) is 0.311. The van der Waals surface area contributed by atoms with Crippen LogP contribution in [0.2, 0.25) is 0 Å². The van der Waals surface area contributed by atoms with Crippen LogP contribution in [0.3, 0.4) is 0 Å². The Balaban J connectivity index is 2.58. The number of carbonyl (C=O) groups is 3. The van der Waals surface area contributed by atoms with Gasteiger partial charge in [-0.15, -0.1) is 0 Å². The maximum atomic E-state index is 11.8. The van der Waals surface area contributed by atoms with E-state index in [4.69, 9.17) is 4.74 Å². The van der Waals surface area contributed by atoms with Crippen LogP contribution in [0, 0.1) is 17.2 Å². The summed E-state index contributed by atoms with van der Waals surface area (Å²) < 4.78 is 4.79. The number of aromatic hydroxyl groups is 1. The zero-order chi connectivity index (χ0) is 15.6. The molecule has 106 valence electrons. The summed E-state index contributed by atoms with van der Waals surface area (Å²) in [6.45, 7) is 1.68. The summed E-state index contributed by atoms with van der Waals surface area (Å²) in [7, 11) is 0. The average Bonchev–Trinajstić information content (AvgIpc) is 2.45. The molecule has 21 heavy (non-hydrogen) atoms. The SMILES string of the molecule is CCOC(=O)[C@H](C#N)C1=CC(=O)C(=O)c2ccc(O)cc21. The van der Waals surface area contributed by atoms with Crippen LogP contribution in [-0.2, 0) is 14.3 Å². The van der Waals surface area contributed by atoms with Crippen molar-refractivity contribution in [1.82, 2.24) is 0 Å². The highest BCUT2D eigenvalue weighted by atomic mass is 16.5. The van der Waals surface area contributed by atoms with Crippen LogP contribution in [0.25, 0.3) is 5.57 Å². The average molecular weight is 285 g/mol. The molecule has 6 nitrogen and oxygen atoms in total. The normalized spacial score (nSPS) is 14.8. The molecule has 0 spiro atoms. The van der Waals surface area contributed by atoms with Gasteiger partial charge in [0.25, 0.3) is 0 Å². The zero-order valence-corrected chi connectivity index (χ0v) is 11.1. The third-order valence-corrected chi connectivity index (χ3v) is 3.03. The number of ketones is 2. The van der Waals surface area contributed by atoms with Gasteiger partial charge in [0.05, 0.1) is 12.7 Å². The topological polar surface area (TPSA) is 104 Å². The van der Waals surface area contributed by atoms with Gasteiger partial charge in [0.15, 0.2) is 5.92 Å². The van der Waals surface area contributed by atoms with Gasteiger partial charge < -0.3 is 9.84 Å². The second-order valence-electron chi connectivity index (χ2n) is 4.34. The highest BCUT2D eigenvalue weighted by Crippen LogP contribution is 2.33. The number of nitrogens with zero attached hydrogens (tertiary/aromatic N) is 1. The number of fused-ring (bicyclic) bond motifs is 1. The van der Waals surface area contributed by atoms with E-state index in [0.717, 1.165) is 6.08 Å². The molecule has 1 atom stereocenters. The Morgan fingerprint density at radius 3 is 2.71 bits per heavy atom. The van der Waals surface area contributed by atoms with Crippen molar-refractivity contribution in [3.05, 3.63) is 35.4 Å². The van der Waals surface area contributed by atoms with Crippen LogP contribution in [0.4, 0.5) is 0 Å². The van der Waals surface area contributed by atoms with E-state index in [0.29, 0.717) is 0 Å². The minimum Gasteiger partial charge on any atom is -0.508 e. The summed E-state index contributed by atoms with van der Waals surface area (Å²) in [6, 6.07) is 5.56. The molecule has 0 bridgehead atoms. The Morgan fingerprint density at radius 1 is 1.38 bits per heavy atom. The summed E-state index contributed by atoms with van der Waals surface area (Å²) in [6.07, 6.45) is 0.953. The zero-order valence-electron chi connectivity index (χ0n) is 11.1. The largest absolute Gasteiger partial charge is 0.508 e. The number of phenols is 1. The van der Waals surface area contributed by atoms with E-state index in [1.54, 1.807) is 13.0 Å². The number of allylic oxidation sites excluding steroid dienone is 1. The van der Waals surface area contributed by atoms with Crippen LogP contribution < -0.4 is 0 Å². The molecule has 6 heteroatoms. The Labute approximate surface area is 120 Å². The molecule has 1 aliphatic carbocycles. The van der Waals surface area contributed by atoms with Crippen molar-refractivity contribution in [3.63, 3.8) is 0 Å². The fraction of sp³-hybridized carbons (Fsp3) is 0.200. The van der Waals surface area contributed by atoms with E-state index in [2.05, 4.69) is 0 Å². The minimum absolute atomic E-state index is 0.0554. The molecule has 0 fully saturated rings. The third kappa shape index (κ3) is 2.54. The molecule has 2 rings (SSSR count). The van der Waals surface area contributed by atoms with Gasteiger partial charge in [-0.25, -0.2) is 0 Å². The van der Waals surface area contributed by atoms with Gasteiger partial charge >= 0.3 is 5.97 Å². The number of Topliss-reactive ketones (excluding diaryl/α,β-unsaturated/α-hetero) is 1. The molecule has 1 aliphatic rings. The lowest BCUT2D eigenvalue weighted by Gasteiger charge is -2.19. The highest BCUT2D eigenvalue weighted by Gasteiger charge is 2.33. The molecular formula is C15H11NO5. The van der Waals surface area contributed by atoms with E-state index >= 15 is 0 Å². The van der Waals surface area contributed by atoms with Crippen molar-refractivity contribution >= 4 is 23.1 Å². The second kappa shape index (κ2) is 5.59. The lowest BCUT2D eigenvalue weighted by Crippen LogP contribution is -2.25. The van der Waals surface area contributed by atoms with Crippen molar-refractivity contribution in [2.75, 3.05) is 6.61 Å². The molecule has 0 heterocycles. The Bertz CT molecular complexity index is 711. The fourth-order valence-corrected chi connectivity index (χ4v) is 2.10.